The topological polar surface area (TPSA) is 38.9 Å². The molecular weight excluding hydrogens is 294 g/mol. The van der Waals surface area contributed by atoms with Crippen molar-refractivity contribution >= 4 is 33.2 Å². The van der Waals surface area contributed by atoms with E-state index in [9.17, 15) is 4.39 Å². The van der Waals surface area contributed by atoms with Crippen molar-refractivity contribution in [2.75, 3.05) is 5.73 Å². The molecule has 0 amide bonds. The summed E-state index contributed by atoms with van der Waals surface area (Å²) in [7, 11) is 0. The van der Waals surface area contributed by atoms with Crippen molar-refractivity contribution in [1.82, 2.24) is 4.98 Å². The molecule has 0 aliphatic carbocycles. The van der Waals surface area contributed by atoms with Gasteiger partial charge >= 0.3 is 0 Å². The van der Waals surface area contributed by atoms with Crippen molar-refractivity contribution < 1.29 is 4.39 Å². The Bertz CT molecular complexity index is 546. The molecule has 1 heterocycles. The average Bonchev–Trinajstić information content (AvgIpc) is 2.24. The highest BCUT2D eigenvalue weighted by Crippen LogP contribution is 2.35. The molecular formula is C11H7BrClFN2. The summed E-state index contributed by atoms with van der Waals surface area (Å²) in [4.78, 5) is 3.68. The van der Waals surface area contributed by atoms with Gasteiger partial charge in [-0.25, -0.2) is 4.39 Å². The zero-order valence-electron chi connectivity index (χ0n) is 8.05. The Labute approximate surface area is 105 Å². The van der Waals surface area contributed by atoms with E-state index >= 15 is 0 Å². The van der Waals surface area contributed by atoms with Crippen molar-refractivity contribution in [3.8, 4) is 11.1 Å². The third kappa shape index (κ3) is 2.03. The minimum absolute atomic E-state index is 0.385. The molecule has 0 aliphatic heterocycles. The van der Waals surface area contributed by atoms with Gasteiger partial charge in [-0.3, -0.25) is 4.98 Å². The SMILES string of the molecule is Nc1c(Br)cc(Cl)cc1-c1ccncc1F. The summed E-state index contributed by atoms with van der Waals surface area (Å²) in [6.07, 6.45) is 2.65. The van der Waals surface area contributed by atoms with E-state index in [1.807, 2.05) is 0 Å². The lowest BCUT2D eigenvalue weighted by Crippen LogP contribution is -1.94. The lowest BCUT2D eigenvalue weighted by Gasteiger charge is -2.09. The summed E-state index contributed by atoms with van der Waals surface area (Å²) < 4.78 is 14.2. The van der Waals surface area contributed by atoms with Crippen molar-refractivity contribution in [2.24, 2.45) is 0 Å². The molecule has 0 unspecified atom stereocenters. The van der Waals surface area contributed by atoms with Crippen LogP contribution >= 0.6 is 27.5 Å². The summed E-state index contributed by atoms with van der Waals surface area (Å²) in [6.45, 7) is 0. The van der Waals surface area contributed by atoms with Gasteiger partial charge in [0, 0.05) is 26.8 Å². The van der Waals surface area contributed by atoms with E-state index in [2.05, 4.69) is 20.9 Å². The van der Waals surface area contributed by atoms with Crippen LogP contribution in [-0.2, 0) is 0 Å². The number of halogens is 3. The first-order chi connectivity index (χ1) is 7.59. The Balaban J connectivity index is 2.69. The highest BCUT2D eigenvalue weighted by atomic mass is 79.9. The quantitative estimate of drug-likeness (QED) is 0.812. The summed E-state index contributed by atoms with van der Waals surface area (Å²) in [6, 6.07) is 4.85. The average molecular weight is 302 g/mol. The number of anilines is 1. The van der Waals surface area contributed by atoms with Crippen LogP contribution in [-0.4, -0.2) is 4.98 Å². The first kappa shape index (κ1) is 11.4. The summed E-state index contributed by atoms with van der Waals surface area (Å²) >= 11 is 9.17. The molecule has 1 aromatic carbocycles. The molecule has 2 aromatic rings. The molecule has 0 aliphatic rings. The molecule has 2 nitrogen and oxygen atoms in total. The van der Waals surface area contributed by atoms with Gasteiger partial charge in [0.25, 0.3) is 0 Å². The second kappa shape index (κ2) is 4.39. The van der Waals surface area contributed by atoms with Gasteiger partial charge in [0.15, 0.2) is 0 Å². The molecule has 2 N–H and O–H groups in total. The van der Waals surface area contributed by atoms with E-state index in [1.165, 1.54) is 6.20 Å². The minimum atomic E-state index is -0.427. The lowest BCUT2D eigenvalue weighted by molar-refractivity contribution is 0.625. The zero-order valence-corrected chi connectivity index (χ0v) is 10.4. The monoisotopic (exact) mass is 300 g/mol. The normalized spacial score (nSPS) is 10.4. The largest absolute Gasteiger partial charge is 0.397 e. The molecule has 0 saturated heterocycles. The number of pyridine rings is 1. The number of nitrogens with two attached hydrogens (primary N) is 1. The van der Waals surface area contributed by atoms with Crippen molar-refractivity contribution in [3.63, 3.8) is 0 Å². The van der Waals surface area contributed by atoms with Crippen molar-refractivity contribution in [2.45, 2.75) is 0 Å². The fourth-order valence-electron chi connectivity index (χ4n) is 1.40. The second-order valence-electron chi connectivity index (χ2n) is 3.20. The molecule has 1 aromatic heterocycles. The van der Waals surface area contributed by atoms with Crippen LogP contribution < -0.4 is 5.73 Å². The van der Waals surface area contributed by atoms with E-state index in [-0.39, 0.29) is 0 Å². The van der Waals surface area contributed by atoms with E-state index < -0.39 is 5.82 Å². The van der Waals surface area contributed by atoms with Crippen LogP contribution in [0.3, 0.4) is 0 Å². The highest BCUT2D eigenvalue weighted by molar-refractivity contribution is 9.10. The van der Waals surface area contributed by atoms with Crippen LogP contribution in [0.5, 0.6) is 0 Å². The summed E-state index contributed by atoms with van der Waals surface area (Å²) in [5.41, 5.74) is 7.25. The standard InChI is InChI=1S/C11H7BrClFN2/c12-9-4-6(13)3-8(11(9)15)7-1-2-16-5-10(7)14/h1-5H,15H2. The van der Waals surface area contributed by atoms with Crippen LogP contribution in [0.1, 0.15) is 0 Å². The minimum Gasteiger partial charge on any atom is -0.397 e. The number of hydrogen-bond donors (Lipinski definition) is 1. The van der Waals surface area contributed by atoms with E-state index in [0.29, 0.717) is 26.3 Å². The number of hydrogen-bond acceptors (Lipinski definition) is 2. The molecule has 0 saturated carbocycles. The Morgan fingerprint density at radius 1 is 1.31 bits per heavy atom. The Kier molecular flexibility index (Phi) is 3.12. The number of rotatable bonds is 1. The van der Waals surface area contributed by atoms with Crippen molar-refractivity contribution in [3.05, 3.63) is 45.9 Å². The van der Waals surface area contributed by atoms with Gasteiger partial charge in [-0.2, -0.15) is 0 Å². The van der Waals surface area contributed by atoms with Gasteiger partial charge in [-0.05, 0) is 34.1 Å². The zero-order chi connectivity index (χ0) is 11.7. The number of nitrogens with zero attached hydrogens (tertiary/aromatic N) is 1. The summed E-state index contributed by atoms with van der Waals surface area (Å²) in [5.74, 6) is -0.427. The van der Waals surface area contributed by atoms with Crippen LogP contribution in [0, 0.1) is 5.82 Å². The molecule has 82 valence electrons. The van der Waals surface area contributed by atoms with Gasteiger partial charge in [-0.15, -0.1) is 0 Å². The Morgan fingerprint density at radius 2 is 2.06 bits per heavy atom. The second-order valence-corrected chi connectivity index (χ2v) is 4.50. The van der Waals surface area contributed by atoms with E-state index in [4.69, 9.17) is 17.3 Å². The fourth-order valence-corrected chi connectivity index (χ4v) is 2.21. The smallest absolute Gasteiger partial charge is 0.149 e. The van der Waals surface area contributed by atoms with Crippen LogP contribution in [0.15, 0.2) is 35.1 Å². The van der Waals surface area contributed by atoms with E-state index in [1.54, 1.807) is 18.2 Å². The molecule has 0 atom stereocenters. The molecule has 5 heteroatoms. The van der Waals surface area contributed by atoms with Gasteiger partial charge in [0.2, 0.25) is 0 Å². The molecule has 0 fully saturated rings. The molecule has 2 rings (SSSR count). The first-order valence-electron chi connectivity index (χ1n) is 4.44. The molecule has 0 bridgehead atoms. The van der Waals surface area contributed by atoms with Gasteiger partial charge in [0.05, 0.1) is 11.9 Å². The van der Waals surface area contributed by atoms with Crippen molar-refractivity contribution in [1.29, 1.82) is 0 Å². The number of nitrogen functional groups attached to an aromatic ring is 1. The number of benzene rings is 1. The van der Waals surface area contributed by atoms with Crippen LogP contribution in [0.25, 0.3) is 11.1 Å². The van der Waals surface area contributed by atoms with Gasteiger partial charge in [-0.1, -0.05) is 11.6 Å². The predicted octanol–water partition coefficient (Wildman–Crippen LogP) is 3.89. The van der Waals surface area contributed by atoms with E-state index in [0.717, 1.165) is 6.20 Å². The molecule has 16 heavy (non-hydrogen) atoms. The maximum Gasteiger partial charge on any atom is 0.149 e. The predicted molar refractivity (Wildman–Crippen MR) is 66.8 cm³/mol. The molecule has 0 radical (unpaired) electrons. The fraction of sp³-hybridized carbons (Fsp3) is 0. The molecule has 0 spiro atoms. The Morgan fingerprint density at radius 3 is 2.75 bits per heavy atom. The maximum atomic E-state index is 13.5. The van der Waals surface area contributed by atoms with Gasteiger partial charge in [0.1, 0.15) is 5.82 Å². The Hall–Kier alpha value is -1.13. The third-order valence-electron chi connectivity index (χ3n) is 2.16. The first-order valence-corrected chi connectivity index (χ1v) is 5.61. The third-order valence-corrected chi connectivity index (χ3v) is 3.03. The summed E-state index contributed by atoms with van der Waals surface area (Å²) in [5, 5.41) is 0.493. The van der Waals surface area contributed by atoms with Crippen LogP contribution in [0.2, 0.25) is 5.02 Å². The highest BCUT2D eigenvalue weighted by Gasteiger charge is 2.11. The lowest BCUT2D eigenvalue weighted by atomic mass is 10.0. The number of aromatic nitrogens is 1. The van der Waals surface area contributed by atoms with Gasteiger partial charge < -0.3 is 5.73 Å². The van der Waals surface area contributed by atoms with Crippen LogP contribution in [0.4, 0.5) is 10.1 Å². The maximum absolute atomic E-state index is 13.5.